The highest BCUT2D eigenvalue weighted by molar-refractivity contribution is 5.79. The van der Waals surface area contributed by atoms with E-state index < -0.39 is 5.60 Å². The second-order valence-electron chi connectivity index (χ2n) is 4.62. The highest BCUT2D eigenvalue weighted by atomic mass is 16.5. The summed E-state index contributed by atoms with van der Waals surface area (Å²) < 4.78 is 5.89. The minimum absolute atomic E-state index is 0.582. The van der Waals surface area contributed by atoms with Crippen LogP contribution < -0.4 is 10.1 Å². The first-order valence-corrected chi connectivity index (χ1v) is 6.15. The topological polar surface area (TPSA) is 55.4 Å². The summed E-state index contributed by atoms with van der Waals surface area (Å²) in [7, 11) is 1.76. The van der Waals surface area contributed by atoms with Crippen molar-refractivity contribution in [1.82, 2.24) is 0 Å². The van der Waals surface area contributed by atoms with Gasteiger partial charge in [-0.05, 0) is 43.9 Å². The molecule has 0 spiro atoms. The number of anilines is 1. The van der Waals surface area contributed by atoms with Crippen molar-refractivity contribution < 1.29 is 14.3 Å². The van der Waals surface area contributed by atoms with Gasteiger partial charge < -0.3 is 10.1 Å². The van der Waals surface area contributed by atoms with E-state index in [2.05, 4.69) is 5.32 Å². The van der Waals surface area contributed by atoms with E-state index in [-0.39, 0.29) is 0 Å². The number of carbonyl (C=O) groups excluding carboxylic acids is 2. The van der Waals surface area contributed by atoms with Crippen molar-refractivity contribution in [1.29, 1.82) is 0 Å². The lowest BCUT2D eigenvalue weighted by Crippen LogP contribution is -2.34. The molecule has 1 aliphatic carbocycles. The number of hydrogen-bond donors (Lipinski definition) is 1. The Kier molecular flexibility index (Phi) is 3.65. The predicted octanol–water partition coefficient (Wildman–Crippen LogP) is 2.43. The summed E-state index contributed by atoms with van der Waals surface area (Å²) in [5, 5.41) is 2.99. The Morgan fingerprint density at radius 1 is 1.28 bits per heavy atom. The minimum atomic E-state index is -0.686. The van der Waals surface area contributed by atoms with Crippen LogP contribution in [0.15, 0.2) is 18.2 Å². The second kappa shape index (κ2) is 5.21. The molecule has 0 radical (unpaired) electrons. The number of aldehydes is 2. The molecule has 0 heterocycles. The van der Waals surface area contributed by atoms with Crippen LogP contribution in [-0.2, 0) is 4.79 Å². The smallest absolute Gasteiger partial charge is 0.164 e. The summed E-state index contributed by atoms with van der Waals surface area (Å²) in [6, 6.07) is 5.14. The van der Waals surface area contributed by atoms with E-state index >= 15 is 0 Å². The number of hydrogen-bond acceptors (Lipinski definition) is 4. The van der Waals surface area contributed by atoms with Gasteiger partial charge in [0.15, 0.2) is 11.9 Å². The molecule has 1 fully saturated rings. The molecule has 1 aliphatic rings. The molecule has 0 saturated heterocycles. The molecule has 1 aromatic carbocycles. The quantitative estimate of drug-likeness (QED) is 0.812. The van der Waals surface area contributed by atoms with E-state index in [0.29, 0.717) is 11.3 Å². The van der Waals surface area contributed by atoms with E-state index in [1.165, 1.54) is 0 Å². The number of benzene rings is 1. The van der Waals surface area contributed by atoms with E-state index in [9.17, 15) is 9.59 Å². The molecular formula is C14H17NO3. The summed E-state index contributed by atoms with van der Waals surface area (Å²) in [6.07, 6.45) is 5.24. The van der Waals surface area contributed by atoms with Gasteiger partial charge in [-0.3, -0.25) is 9.59 Å². The van der Waals surface area contributed by atoms with Crippen LogP contribution in [0.5, 0.6) is 5.75 Å². The maximum atomic E-state index is 11.3. The molecule has 1 aromatic rings. The molecular weight excluding hydrogens is 230 g/mol. The van der Waals surface area contributed by atoms with Crippen molar-refractivity contribution in [3.05, 3.63) is 23.8 Å². The van der Waals surface area contributed by atoms with Crippen LogP contribution >= 0.6 is 0 Å². The average molecular weight is 247 g/mol. The molecule has 1 N–H and O–H groups in total. The molecule has 1 saturated carbocycles. The minimum Gasteiger partial charge on any atom is -0.478 e. The van der Waals surface area contributed by atoms with Crippen LogP contribution in [0.2, 0.25) is 0 Å². The summed E-state index contributed by atoms with van der Waals surface area (Å²) in [6.45, 7) is 0. The molecule has 0 unspecified atom stereocenters. The van der Waals surface area contributed by atoms with Crippen LogP contribution in [0.25, 0.3) is 0 Å². The molecule has 2 rings (SSSR count). The van der Waals surface area contributed by atoms with Gasteiger partial charge in [0, 0.05) is 12.6 Å². The normalized spacial score (nSPS) is 17.2. The third-order valence-corrected chi connectivity index (χ3v) is 3.39. The highest BCUT2D eigenvalue weighted by Gasteiger charge is 2.36. The highest BCUT2D eigenvalue weighted by Crippen LogP contribution is 2.36. The van der Waals surface area contributed by atoms with Crippen molar-refractivity contribution in [2.45, 2.75) is 31.3 Å². The van der Waals surface area contributed by atoms with E-state index in [1.807, 2.05) is 0 Å². The lowest BCUT2D eigenvalue weighted by molar-refractivity contribution is -0.120. The Morgan fingerprint density at radius 2 is 2.00 bits per heavy atom. The fraction of sp³-hybridized carbons (Fsp3) is 0.429. The SMILES string of the molecule is CNc1cc(C=O)ccc1OC1(C=O)CCCC1. The van der Waals surface area contributed by atoms with Gasteiger partial charge in [-0.25, -0.2) is 0 Å². The third-order valence-electron chi connectivity index (χ3n) is 3.39. The van der Waals surface area contributed by atoms with Crippen molar-refractivity contribution >= 4 is 18.3 Å². The molecule has 0 atom stereocenters. The van der Waals surface area contributed by atoms with Crippen molar-refractivity contribution in [2.75, 3.05) is 12.4 Å². The van der Waals surface area contributed by atoms with Crippen LogP contribution in [0.4, 0.5) is 5.69 Å². The maximum Gasteiger partial charge on any atom is 0.164 e. The maximum absolute atomic E-state index is 11.3. The van der Waals surface area contributed by atoms with Gasteiger partial charge in [0.25, 0.3) is 0 Å². The molecule has 0 aliphatic heterocycles. The molecule has 0 amide bonds. The lowest BCUT2D eigenvalue weighted by Gasteiger charge is -2.25. The second-order valence-corrected chi connectivity index (χ2v) is 4.62. The Hall–Kier alpha value is -1.84. The molecule has 0 aromatic heterocycles. The van der Waals surface area contributed by atoms with Crippen molar-refractivity contribution in [3.63, 3.8) is 0 Å². The molecule has 4 heteroatoms. The largest absolute Gasteiger partial charge is 0.478 e. The lowest BCUT2D eigenvalue weighted by atomic mass is 10.0. The third kappa shape index (κ3) is 2.37. The van der Waals surface area contributed by atoms with Crippen LogP contribution in [0, 0.1) is 0 Å². The summed E-state index contributed by atoms with van der Waals surface area (Å²) in [5.74, 6) is 0.622. The Balaban J connectivity index is 2.27. The van der Waals surface area contributed by atoms with E-state index in [4.69, 9.17) is 4.74 Å². The zero-order chi connectivity index (χ0) is 13.0. The Bertz CT molecular complexity index is 450. The van der Waals surface area contributed by atoms with Crippen LogP contribution in [-0.4, -0.2) is 25.2 Å². The zero-order valence-electron chi connectivity index (χ0n) is 10.4. The number of ether oxygens (including phenoxy) is 1. The van der Waals surface area contributed by atoms with Crippen LogP contribution in [0.3, 0.4) is 0 Å². The predicted molar refractivity (Wildman–Crippen MR) is 69.3 cm³/mol. The number of carbonyl (C=O) groups is 2. The van der Waals surface area contributed by atoms with Gasteiger partial charge in [-0.1, -0.05) is 0 Å². The first kappa shape index (κ1) is 12.6. The van der Waals surface area contributed by atoms with Crippen molar-refractivity contribution in [2.24, 2.45) is 0 Å². The number of rotatable bonds is 5. The van der Waals surface area contributed by atoms with E-state index in [1.54, 1.807) is 25.2 Å². The van der Waals surface area contributed by atoms with E-state index in [0.717, 1.165) is 43.9 Å². The van der Waals surface area contributed by atoms with Gasteiger partial charge >= 0.3 is 0 Å². The van der Waals surface area contributed by atoms with Crippen molar-refractivity contribution in [3.8, 4) is 5.75 Å². The fourth-order valence-corrected chi connectivity index (χ4v) is 2.34. The summed E-state index contributed by atoms with van der Waals surface area (Å²) in [4.78, 5) is 22.0. The average Bonchev–Trinajstić information content (AvgIpc) is 2.88. The standard InChI is InChI=1S/C14H17NO3/c1-15-12-8-11(9-16)4-5-13(12)18-14(10-17)6-2-3-7-14/h4-5,8-10,15H,2-3,6-7H2,1H3. The summed E-state index contributed by atoms with van der Waals surface area (Å²) >= 11 is 0. The monoisotopic (exact) mass is 247 g/mol. The Morgan fingerprint density at radius 3 is 2.56 bits per heavy atom. The summed E-state index contributed by atoms with van der Waals surface area (Å²) in [5.41, 5.74) is 0.625. The molecule has 4 nitrogen and oxygen atoms in total. The van der Waals surface area contributed by atoms with Gasteiger partial charge in [0.05, 0.1) is 5.69 Å². The first-order chi connectivity index (χ1) is 8.73. The Labute approximate surface area is 106 Å². The number of nitrogens with one attached hydrogen (secondary N) is 1. The molecule has 96 valence electrons. The van der Waals surface area contributed by atoms with Gasteiger partial charge in [0.1, 0.15) is 12.0 Å². The fourth-order valence-electron chi connectivity index (χ4n) is 2.34. The first-order valence-electron chi connectivity index (χ1n) is 6.15. The zero-order valence-corrected chi connectivity index (χ0v) is 10.4. The van der Waals surface area contributed by atoms with Crippen LogP contribution in [0.1, 0.15) is 36.0 Å². The van der Waals surface area contributed by atoms with Gasteiger partial charge in [0.2, 0.25) is 0 Å². The van der Waals surface area contributed by atoms with Gasteiger partial charge in [-0.15, -0.1) is 0 Å². The van der Waals surface area contributed by atoms with Gasteiger partial charge in [-0.2, -0.15) is 0 Å². The molecule has 18 heavy (non-hydrogen) atoms. The molecule has 0 bridgehead atoms.